The van der Waals surface area contributed by atoms with Gasteiger partial charge in [0.25, 0.3) is 0 Å². The lowest BCUT2D eigenvalue weighted by Crippen LogP contribution is -2.28. The van der Waals surface area contributed by atoms with Crippen molar-refractivity contribution in [3.05, 3.63) is 35.5 Å². The maximum Gasteiger partial charge on any atom is 0.0582 e. The first-order valence-electron chi connectivity index (χ1n) is 5.62. The van der Waals surface area contributed by atoms with Gasteiger partial charge in [0.05, 0.1) is 6.61 Å². The van der Waals surface area contributed by atoms with E-state index in [1.54, 1.807) is 0 Å². The number of hydrogen-bond donors (Lipinski definition) is 3. The SMILES string of the molecule is Cc1[nH]c2ccccc2c1CNC(C)CO. The monoisotopic (exact) mass is 218 g/mol. The standard InChI is InChI=1S/C13H18N2O/c1-9(8-16)14-7-12-10(2)15-13-6-4-3-5-11(12)13/h3-6,9,14-16H,7-8H2,1-2H3. The number of H-pyrrole nitrogens is 1. The molecule has 2 aromatic rings. The Hall–Kier alpha value is -1.32. The highest BCUT2D eigenvalue weighted by molar-refractivity contribution is 5.84. The molecule has 3 N–H and O–H groups in total. The van der Waals surface area contributed by atoms with Gasteiger partial charge in [0.1, 0.15) is 0 Å². The van der Waals surface area contributed by atoms with Gasteiger partial charge >= 0.3 is 0 Å². The van der Waals surface area contributed by atoms with Crippen molar-refractivity contribution in [3.8, 4) is 0 Å². The van der Waals surface area contributed by atoms with Crippen LogP contribution < -0.4 is 5.32 Å². The minimum atomic E-state index is 0.132. The summed E-state index contributed by atoms with van der Waals surface area (Å²) in [5, 5.41) is 13.5. The Balaban J connectivity index is 2.26. The molecule has 0 aliphatic carbocycles. The molecule has 1 unspecified atom stereocenters. The van der Waals surface area contributed by atoms with Gasteiger partial charge in [0.2, 0.25) is 0 Å². The van der Waals surface area contributed by atoms with E-state index in [4.69, 9.17) is 5.11 Å². The zero-order valence-electron chi connectivity index (χ0n) is 9.75. The van der Waals surface area contributed by atoms with E-state index < -0.39 is 0 Å². The third-order valence-corrected chi connectivity index (χ3v) is 2.93. The van der Waals surface area contributed by atoms with Crippen LogP contribution in [0.4, 0.5) is 0 Å². The molecule has 16 heavy (non-hydrogen) atoms. The Labute approximate surface area is 95.5 Å². The predicted octanol–water partition coefficient (Wildman–Crippen LogP) is 1.95. The number of aromatic nitrogens is 1. The molecule has 1 atom stereocenters. The molecular weight excluding hydrogens is 200 g/mol. The molecule has 3 heteroatoms. The molecule has 1 aromatic carbocycles. The summed E-state index contributed by atoms with van der Waals surface area (Å²) in [5.41, 5.74) is 3.66. The summed E-state index contributed by atoms with van der Waals surface area (Å²) in [6, 6.07) is 8.43. The van der Waals surface area contributed by atoms with Crippen molar-refractivity contribution < 1.29 is 5.11 Å². The number of para-hydroxylation sites is 1. The molecule has 2 rings (SSSR count). The highest BCUT2D eigenvalue weighted by Gasteiger charge is 2.08. The number of nitrogens with one attached hydrogen (secondary N) is 2. The van der Waals surface area contributed by atoms with Gasteiger partial charge in [-0.15, -0.1) is 0 Å². The molecule has 0 aliphatic heterocycles. The van der Waals surface area contributed by atoms with E-state index in [9.17, 15) is 0 Å². The third kappa shape index (κ3) is 2.10. The molecule has 0 amide bonds. The average molecular weight is 218 g/mol. The number of benzene rings is 1. The number of aliphatic hydroxyl groups excluding tert-OH is 1. The number of fused-ring (bicyclic) bond motifs is 1. The van der Waals surface area contributed by atoms with Crippen LogP contribution in [0.1, 0.15) is 18.2 Å². The van der Waals surface area contributed by atoms with Crippen LogP contribution in [-0.2, 0) is 6.54 Å². The van der Waals surface area contributed by atoms with Crippen molar-refractivity contribution in [3.63, 3.8) is 0 Å². The molecule has 3 nitrogen and oxygen atoms in total. The van der Waals surface area contributed by atoms with Gasteiger partial charge in [0, 0.05) is 29.2 Å². The molecule has 0 bridgehead atoms. The lowest BCUT2D eigenvalue weighted by atomic mass is 10.1. The van der Waals surface area contributed by atoms with Crippen LogP contribution in [0.3, 0.4) is 0 Å². The lowest BCUT2D eigenvalue weighted by Gasteiger charge is -2.10. The molecule has 0 spiro atoms. The summed E-state index contributed by atoms with van der Waals surface area (Å²) in [4.78, 5) is 3.37. The minimum Gasteiger partial charge on any atom is -0.395 e. The van der Waals surface area contributed by atoms with E-state index in [1.807, 2.05) is 13.0 Å². The summed E-state index contributed by atoms with van der Waals surface area (Å²) in [6.07, 6.45) is 0. The zero-order valence-corrected chi connectivity index (χ0v) is 9.75. The Morgan fingerprint density at radius 3 is 2.88 bits per heavy atom. The van der Waals surface area contributed by atoms with Gasteiger partial charge in [-0.05, 0) is 25.5 Å². The summed E-state index contributed by atoms with van der Waals surface area (Å²) in [5.74, 6) is 0. The summed E-state index contributed by atoms with van der Waals surface area (Å²) in [7, 11) is 0. The fourth-order valence-corrected chi connectivity index (χ4v) is 1.90. The van der Waals surface area contributed by atoms with Crippen molar-refractivity contribution in [1.82, 2.24) is 10.3 Å². The molecule has 0 fully saturated rings. The maximum atomic E-state index is 8.98. The van der Waals surface area contributed by atoms with E-state index in [2.05, 4.69) is 35.4 Å². The molecule has 1 aromatic heterocycles. The van der Waals surface area contributed by atoms with Crippen molar-refractivity contribution in [2.24, 2.45) is 0 Å². The number of hydrogen-bond acceptors (Lipinski definition) is 2. The van der Waals surface area contributed by atoms with Crippen LogP contribution in [0.15, 0.2) is 24.3 Å². The minimum absolute atomic E-state index is 0.132. The molecule has 1 heterocycles. The topological polar surface area (TPSA) is 48.0 Å². The van der Waals surface area contributed by atoms with E-state index in [0.29, 0.717) is 0 Å². The smallest absolute Gasteiger partial charge is 0.0582 e. The molecule has 0 radical (unpaired) electrons. The van der Waals surface area contributed by atoms with Crippen LogP contribution in [0, 0.1) is 6.92 Å². The molecule has 0 saturated carbocycles. The lowest BCUT2D eigenvalue weighted by molar-refractivity contribution is 0.251. The Kier molecular flexibility index (Phi) is 3.27. The van der Waals surface area contributed by atoms with Crippen LogP contribution in [0.25, 0.3) is 10.9 Å². The fourth-order valence-electron chi connectivity index (χ4n) is 1.90. The Morgan fingerprint density at radius 1 is 1.38 bits per heavy atom. The Morgan fingerprint density at radius 2 is 2.12 bits per heavy atom. The molecule has 86 valence electrons. The average Bonchev–Trinajstić information content (AvgIpc) is 2.62. The first-order chi connectivity index (χ1) is 7.72. The van der Waals surface area contributed by atoms with Gasteiger partial charge in [-0.3, -0.25) is 0 Å². The van der Waals surface area contributed by atoms with Crippen LogP contribution in [0.2, 0.25) is 0 Å². The van der Waals surface area contributed by atoms with Crippen LogP contribution in [0.5, 0.6) is 0 Å². The van der Waals surface area contributed by atoms with Crippen molar-refractivity contribution in [2.75, 3.05) is 6.61 Å². The summed E-state index contributed by atoms with van der Waals surface area (Å²) in [6.45, 7) is 5.02. The normalized spacial score (nSPS) is 13.2. The second-order valence-electron chi connectivity index (χ2n) is 4.24. The van der Waals surface area contributed by atoms with E-state index in [0.717, 1.165) is 6.54 Å². The van der Waals surface area contributed by atoms with Crippen molar-refractivity contribution in [1.29, 1.82) is 0 Å². The number of aromatic amines is 1. The Bertz CT molecular complexity index is 476. The van der Waals surface area contributed by atoms with E-state index in [1.165, 1.54) is 22.2 Å². The van der Waals surface area contributed by atoms with Crippen LogP contribution >= 0.6 is 0 Å². The summed E-state index contributed by atoms with van der Waals surface area (Å²) < 4.78 is 0. The van der Waals surface area contributed by atoms with Crippen LogP contribution in [-0.4, -0.2) is 22.7 Å². The second kappa shape index (κ2) is 4.68. The van der Waals surface area contributed by atoms with Gasteiger partial charge in [0.15, 0.2) is 0 Å². The highest BCUT2D eigenvalue weighted by atomic mass is 16.3. The molecule has 0 aliphatic rings. The second-order valence-corrected chi connectivity index (χ2v) is 4.24. The largest absolute Gasteiger partial charge is 0.395 e. The zero-order chi connectivity index (χ0) is 11.5. The van der Waals surface area contributed by atoms with Crippen molar-refractivity contribution in [2.45, 2.75) is 26.4 Å². The highest BCUT2D eigenvalue weighted by Crippen LogP contribution is 2.21. The predicted molar refractivity (Wildman–Crippen MR) is 66.4 cm³/mol. The first-order valence-corrected chi connectivity index (χ1v) is 5.62. The van der Waals surface area contributed by atoms with Gasteiger partial charge in [-0.1, -0.05) is 18.2 Å². The van der Waals surface area contributed by atoms with E-state index >= 15 is 0 Å². The van der Waals surface area contributed by atoms with Gasteiger partial charge < -0.3 is 15.4 Å². The van der Waals surface area contributed by atoms with Gasteiger partial charge in [-0.2, -0.15) is 0 Å². The van der Waals surface area contributed by atoms with E-state index in [-0.39, 0.29) is 12.6 Å². The summed E-state index contributed by atoms with van der Waals surface area (Å²) >= 11 is 0. The fraction of sp³-hybridized carbons (Fsp3) is 0.385. The molecular formula is C13H18N2O. The van der Waals surface area contributed by atoms with Gasteiger partial charge in [-0.25, -0.2) is 0 Å². The maximum absolute atomic E-state index is 8.98. The number of rotatable bonds is 4. The third-order valence-electron chi connectivity index (χ3n) is 2.93. The quantitative estimate of drug-likeness (QED) is 0.734. The van der Waals surface area contributed by atoms with Crippen molar-refractivity contribution >= 4 is 10.9 Å². The first kappa shape index (κ1) is 11.2. The molecule has 0 saturated heterocycles. The number of aliphatic hydroxyl groups is 1. The number of aryl methyl sites for hydroxylation is 1.